The minimum absolute atomic E-state index is 0.0155. The van der Waals surface area contributed by atoms with Crippen molar-refractivity contribution >= 4 is 21.7 Å². The van der Waals surface area contributed by atoms with Crippen LogP contribution in [-0.4, -0.2) is 12.9 Å². The molecule has 0 spiro atoms. The van der Waals surface area contributed by atoms with Crippen molar-refractivity contribution in [2.45, 2.75) is 6.92 Å². The fourth-order valence-corrected chi connectivity index (χ4v) is 1.47. The van der Waals surface area contributed by atoms with E-state index in [2.05, 4.69) is 15.9 Å². The van der Waals surface area contributed by atoms with E-state index in [0.29, 0.717) is 11.3 Å². The summed E-state index contributed by atoms with van der Waals surface area (Å²) in [4.78, 5) is 11.5. The molecule has 1 aromatic carbocycles. The number of carbonyl (C=O) groups is 1. The minimum atomic E-state index is -0.0155. The van der Waals surface area contributed by atoms with Crippen LogP contribution in [0.3, 0.4) is 0 Å². The Morgan fingerprint density at radius 3 is 2.79 bits per heavy atom. The Labute approximate surface area is 91.7 Å². The first-order valence-corrected chi connectivity index (χ1v) is 4.99. The summed E-state index contributed by atoms with van der Waals surface area (Å²) in [6.45, 7) is 1.81. The normalized spacial score (nSPS) is 10.5. The second-order valence-corrected chi connectivity index (χ2v) is 3.57. The highest BCUT2D eigenvalue weighted by Gasteiger charge is 2.05. The number of ether oxygens (including phenoxy) is 1. The van der Waals surface area contributed by atoms with Gasteiger partial charge in [0.2, 0.25) is 0 Å². The Morgan fingerprint density at radius 2 is 2.21 bits per heavy atom. The molecule has 3 heteroatoms. The van der Waals surface area contributed by atoms with Crippen LogP contribution in [-0.2, 0) is 0 Å². The van der Waals surface area contributed by atoms with Crippen LogP contribution in [0.15, 0.2) is 34.8 Å². The lowest BCUT2D eigenvalue weighted by Crippen LogP contribution is -1.95. The second-order valence-electron chi connectivity index (χ2n) is 2.71. The van der Waals surface area contributed by atoms with E-state index in [1.165, 1.54) is 6.08 Å². The number of hydrogen-bond donors (Lipinski definition) is 0. The zero-order chi connectivity index (χ0) is 10.6. The molecule has 0 fully saturated rings. The van der Waals surface area contributed by atoms with Crippen molar-refractivity contribution in [1.29, 1.82) is 0 Å². The highest BCUT2D eigenvalue weighted by atomic mass is 79.9. The van der Waals surface area contributed by atoms with E-state index in [4.69, 9.17) is 4.74 Å². The highest BCUT2D eigenvalue weighted by Crippen LogP contribution is 2.25. The van der Waals surface area contributed by atoms with Crippen molar-refractivity contribution < 1.29 is 9.53 Å². The van der Waals surface area contributed by atoms with Gasteiger partial charge in [0.25, 0.3) is 0 Å². The summed E-state index contributed by atoms with van der Waals surface area (Å²) in [6, 6.07) is 5.27. The molecule has 0 heterocycles. The van der Waals surface area contributed by atoms with Crippen LogP contribution in [0, 0.1) is 0 Å². The molecular weight excluding hydrogens is 244 g/mol. The third-order valence-electron chi connectivity index (χ3n) is 1.75. The van der Waals surface area contributed by atoms with Crippen LogP contribution < -0.4 is 4.74 Å². The van der Waals surface area contributed by atoms with Gasteiger partial charge >= 0.3 is 0 Å². The third-order valence-corrected chi connectivity index (χ3v) is 2.41. The second kappa shape index (κ2) is 4.96. The van der Waals surface area contributed by atoms with E-state index in [1.807, 2.05) is 6.92 Å². The summed E-state index contributed by atoms with van der Waals surface area (Å²) in [7, 11) is 1.57. The Morgan fingerprint density at radius 1 is 1.50 bits per heavy atom. The number of hydrogen-bond acceptors (Lipinski definition) is 2. The average molecular weight is 255 g/mol. The van der Waals surface area contributed by atoms with Crippen molar-refractivity contribution in [3.05, 3.63) is 40.4 Å². The number of allylic oxidation sites excluding steroid dienone is 2. The molecule has 1 aromatic rings. The van der Waals surface area contributed by atoms with E-state index >= 15 is 0 Å². The summed E-state index contributed by atoms with van der Waals surface area (Å²) in [6.07, 6.45) is 3.25. The maximum Gasteiger partial charge on any atom is 0.185 e. The first kappa shape index (κ1) is 11.0. The van der Waals surface area contributed by atoms with Gasteiger partial charge in [-0.1, -0.05) is 6.08 Å². The molecule has 74 valence electrons. The smallest absolute Gasteiger partial charge is 0.185 e. The Hall–Kier alpha value is -1.09. The van der Waals surface area contributed by atoms with E-state index < -0.39 is 0 Å². The minimum Gasteiger partial charge on any atom is -0.496 e. The van der Waals surface area contributed by atoms with Gasteiger partial charge in [-0.2, -0.15) is 0 Å². The van der Waals surface area contributed by atoms with Gasteiger partial charge < -0.3 is 4.74 Å². The van der Waals surface area contributed by atoms with Crippen LogP contribution in [0.4, 0.5) is 0 Å². The van der Waals surface area contributed by atoms with Gasteiger partial charge in [-0.05, 0) is 47.1 Å². The summed E-state index contributed by atoms with van der Waals surface area (Å²) in [5, 5.41) is 0. The predicted octanol–water partition coefficient (Wildman–Crippen LogP) is 3.22. The molecule has 0 amide bonds. The molecule has 0 aliphatic carbocycles. The van der Waals surface area contributed by atoms with Gasteiger partial charge in [-0.3, -0.25) is 4.79 Å². The maximum absolute atomic E-state index is 11.5. The number of halogens is 1. The number of carbonyl (C=O) groups excluding carboxylic acids is 1. The van der Waals surface area contributed by atoms with Crippen LogP contribution in [0.5, 0.6) is 5.75 Å². The molecule has 0 atom stereocenters. The Kier molecular flexibility index (Phi) is 3.89. The molecule has 0 aliphatic rings. The molecule has 0 aromatic heterocycles. The quantitative estimate of drug-likeness (QED) is 0.612. The molecule has 0 unspecified atom stereocenters. The zero-order valence-corrected chi connectivity index (χ0v) is 9.67. The number of benzene rings is 1. The average Bonchev–Trinajstić information content (AvgIpc) is 2.19. The predicted molar refractivity (Wildman–Crippen MR) is 59.8 cm³/mol. The molecule has 1 rings (SSSR count). The lowest BCUT2D eigenvalue weighted by Gasteiger charge is -2.04. The molecule has 0 saturated carbocycles. The van der Waals surface area contributed by atoms with Crippen molar-refractivity contribution in [3.8, 4) is 5.75 Å². The standard InChI is InChI=1S/C11H11BrO2/c1-3-4-10(13)8-5-6-9(12)11(7-8)14-2/h3-7H,1-2H3. The van der Waals surface area contributed by atoms with Gasteiger partial charge in [0.1, 0.15) is 5.75 Å². The van der Waals surface area contributed by atoms with E-state index in [0.717, 1.165) is 4.47 Å². The van der Waals surface area contributed by atoms with E-state index in [1.54, 1.807) is 31.4 Å². The molecule has 0 saturated heterocycles. The monoisotopic (exact) mass is 254 g/mol. The maximum atomic E-state index is 11.5. The van der Waals surface area contributed by atoms with Gasteiger partial charge in [0, 0.05) is 5.56 Å². The SMILES string of the molecule is CC=CC(=O)c1ccc(Br)c(OC)c1. The van der Waals surface area contributed by atoms with E-state index in [-0.39, 0.29) is 5.78 Å². The van der Waals surface area contributed by atoms with Crippen molar-refractivity contribution in [2.75, 3.05) is 7.11 Å². The summed E-state index contributed by atoms with van der Waals surface area (Å²) >= 11 is 3.32. The van der Waals surface area contributed by atoms with Crippen LogP contribution in [0.1, 0.15) is 17.3 Å². The first-order valence-electron chi connectivity index (χ1n) is 4.19. The molecule has 0 N–H and O–H groups in total. The molecule has 0 radical (unpaired) electrons. The Bertz CT molecular complexity index is 370. The lowest BCUT2D eigenvalue weighted by atomic mass is 10.1. The third kappa shape index (κ3) is 2.45. The molecule has 2 nitrogen and oxygen atoms in total. The van der Waals surface area contributed by atoms with Crippen LogP contribution in [0.25, 0.3) is 0 Å². The summed E-state index contributed by atoms with van der Waals surface area (Å²) < 4.78 is 5.94. The summed E-state index contributed by atoms with van der Waals surface area (Å²) in [5.41, 5.74) is 0.628. The van der Waals surface area contributed by atoms with Crippen molar-refractivity contribution in [3.63, 3.8) is 0 Å². The topological polar surface area (TPSA) is 26.3 Å². The van der Waals surface area contributed by atoms with Gasteiger partial charge in [-0.15, -0.1) is 0 Å². The lowest BCUT2D eigenvalue weighted by molar-refractivity contribution is 0.104. The molecule has 14 heavy (non-hydrogen) atoms. The molecule has 0 aliphatic heterocycles. The van der Waals surface area contributed by atoms with E-state index in [9.17, 15) is 4.79 Å². The van der Waals surface area contributed by atoms with Crippen molar-refractivity contribution in [1.82, 2.24) is 0 Å². The van der Waals surface area contributed by atoms with Crippen LogP contribution >= 0.6 is 15.9 Å². The fraction of sp³-hybridized carbons (Fsp3) is 0.182. The number of rotatable bonds is 3. The highest BCUT2D eigenvalue weighted by molar-refractivity contribution is 9.10. The first-order chi connectivity index (χ1) is 6.69. The summed E-state index contributed by atoms with van der Waals surface area (Å²) in [5.74, 6) is 0.652. The Balaban J connectivity index is 3.06. The fourth-order valence-electron chi connectivity index (χ4n) is 1.06. The van der Waals surface area contributed by atoms with Gasteiger partial charge in [-0.25, -0.2) is 0 Å². The van der Waals surface area contributed by atoms with Crippen LogP contribution in [0.2, 0.25) is 0 Å². The van der Waals surface area contributed by atoms with Crippen molar-refractivity contribution in [2.24, 2.45) is 0 Å². The number of methoxy groups -OCH3 is 1. The number of ketones is 1. The largest absolute Gasteiger partial charge is 0.496 e. The molecule has 0 bridgehead atoms. The van der Waals surface area contributed by atoms with Gasteiger partial charge in [0.05, 0.1) is 11.6 Å². The van der Waals surface area contributed by atoms with Gasteiger partial charge in [0.15, 0.2) is 5.78 Å². The zero-order valence-electron chi connectivity index (χ0n) is 8.08. The molecular formula is C11H11BrO2.